The van der Waals surface area contributed by atoms with Gasteiger partial charge in [-0.1, -0.05) is 71.1 Å². The number of aromatic nitrogens is 3. The number of piperidine rings is 1. The zero-order valence-electron chi connectivity index (χ0n) is 43.8. The number of esters is 1. The van der Waals surface area contributed by atoms with Crippen LogP contribution in [0.3, 0.4) is 0 Å². The molecule has 2 saturated heterocycles. The van der Waals surface area contributed by atoms with Gasteiger partial charge in [0.1, 0.15) is 23.9 Å². The normalized spacial score (nSPS) is 36.4. The SMILES string of the molecule is CO[C@H]1C[C@@H]2CC[C@@H](C)[C@@](O)(O2)C(=O)C(=O)N2CCCC[C@H]2C(=O)O[C@H]([C@H](C)C[C@@H]2CC[C@@H](OCc3cn[nH]n3)[C@H](OC)C2)CC(=O)/C(C)=C/C(C)[C@@H](O)[C@@H](OC)C(=O)[C@H](C)C[C@H](C)C=CC=CC=C1C. The van der Waals surface area contributed by atoms with E-state index in [1.165, 1.54) is 12.0 Å². The number of aliphatic hydroxyl groups is 2. The predicted molar refractivity (Wildman–Crippen MR) is 264 cm³/mol. The van der Waals surface area contributed by atoms with E-state index in [1.807, 2.05) is 58.1 Å². The monoisotopic (exact) mass is 995 g/mol. The molecule has 3 N–H and O–H groups in total. The quantitative estimate of drug-likeness (QED) is 0.177. The third-order valence-corrected chi connectivity index (χ3v) is 15.4. The van der Waals surface area contributed by atoms with Gasteiger partial charge >= 0.3 is 5.97 Å². The minimum Gasteiger partial charge on any atom is -0.460 e. The number of rotatable bonds is 9. The Morgan fingerprint density at radius 2 is 1.66 bits per heavy atom. The van der Waals surface area contributed by atoms with E-state index in [1.54, 1.807) is 47.3 Å². The second-order valence-electron chi connectivity index (χ2n) is 20.8. The number of hydrogen-bond acceptors (Lipinski definition) is 15. The predicted octanol–water partition coefficient (Wildman–Crippen LogP) is 6.52. The third-order valence-electron chi connectivity index (χ3n) is 15.4. The third kappa shape index (κ3) is 15.4. The summed E-state index contributed by atoms with van der Waals surface area (Å²) in [6.07, 6.45) is 13.7. The first-order chi connectivity index (χ1) is 33.8. The van der Waals surface area contributed by atoms with Gasteiger partial charge in [0.25, 0.3) is 11.7 Å². The summed E-state index contributed by atoms with van der Waals surface area (Å²) in [6.45, 7) is 13.1. The highest BCUT2D eigenvalue weighted by Crippen LogP contribution is 2.38. The number of fused-ring (bicyclic) bond motifs is 3. The lowest BCUT2D eigenvalue weighted by Crippen LogP contribution is -2.61. The first-order valence-electron chi connectivity index (χ1n) is 25.8. The van der Waals surface area contributed by atoms with Crippen LogP contribution in [-0.4, -0.2) is 142 Å². The number of carbonyl (C=O) groups is 5. The average Bonchev–Trinajstić information content (AvgIpc) is 3.89. The van der Waals surface area contributed by atoms with Crippen molar-refractivity contribution in [1.29, 1.82) is 0 Å². The number of nitrogens with one attached hydrogen (secondary N) is 1. The first-order valence-corrected chi connectivity index (χ1v) is 25.8. The Bertz CT molecular complexity index is 2050. The number of aromatic amines is 1. The number of methoxy groups -OCH3 is 3. The molecular formula is C54H82N4O13. The summed E-state index contributed by atoms with van der Waals surface area (Å²) in [5.74, 6) is -7.93. The molecule has 1 aromatic rings. The van der Waals surface area contributed by atoms with E-state index in [4.69, 9.17) is 28.4 Å². The fraction of sp³-hybridized carbons (Fsp3) is 0.722. The average molecular weight is 995 g/mol. The molecule has 0 spiro atoms. The molecule has 17 nitrogen and oxygen atoms in total. The van der Waals surface area contributed by atoms with Crippen LogP contribution in [0.5, 0.6) is 0 Å². The highest BCUT2D eigenvalue weighted by atomic mass is 16.6. The largest absolute Gasteiger partial charge is 0.460 e. The Morgan fingerprint density at radius 3 is 2.35 bits per heavy atom. The lowest BCUT2D eigenvalue weighted by molar-refractivity contribution is -0.265. The Kier molecular flexibility index (Phi) is 22.1. The van der Waals surface area contributed by atoms with Crippen molar-refractivity contribution in [2.75, 3.05) is 27.9 Å². The van der Waals surface area contributed by atoms with E-state index in [9.17, 15) is 34.2 Å². The number of carbonyl (C=O) groups excluding carboxylic acids is 5. The number of allylic oxidation sites excluding steroid dienone is 6. The number of H-pyrrole nitrogens is 1. The van der Waals surface area contributed by atoms with Crippen LogP contribution in [0.25, 0.3) is 0 Å². The van der Waals surface area contributed by atoms with Gasteiger partial charge in [0.2, 0.25) is 5.79 Å². The van der Waals surface area contributed by atoms with E-state index in [-0.39, 0.29) is 67.5 Å². The maximum Gasteiger partial charge on any atom is 0.329 e. The van der Waals surface area contributed by atoms with E-state index in [0.717, 1.165) is 12.0 Å². The summed E-state index contributed by atoms with van der Waals surface area (Å²) < 4.78 is 36.1. The Labute approximate surface area is 420 Å². The molecule has 0 aromatic carbocycles. The summed E-state index contributed by atoms with van der Waals surface area (Å²) in [5.41, 5.74) is 1.88. The molecule has 4 aliphatic rings. The van der Waals surface area contributed by atoms with Gasteiger partial charge < -0.3 is 43.5 Å². The molecule has 2 bridgehead atoms. The molecule has 0 radical (unpaired) electrons. The smallest absolute Gasteiger partial charge is 0.329 e. The maximum atomic E-state index is 14.5. The van der Waals surface area contributed by atoms with Crippen LogP contribution < -0.4 is 0 Å². The van der Waals surface area contributed by atoms with E-state index < -0.39 is 77.8 Å². The molecule has 4 heterocycles. The van der Waals surface area contributed by atoms with Crippen LogP contribution in [-0.2, 0) is 59.0 Å². The Hall–Kier alpha value is -4.23. The van der Waals surface area contributed by atoms with Crippen LogP contribution in [0.4, 0.5) is 0 Å². The van der Waals surface area contributed by atoms with Crippen molar-refractivity contribution < 1.29 is 62.6 Å². The zero-order chi connectivity index (χ0) is 52.0. The second-order valence-corrected chi connectivity index (χ2v) is 20.8. The maximum absolute atomic E-state index is 14.5. The van der Waals surface area contributed by atoms with Crippen molar-refractivity contribution in [3.63, 3.8) is 0 Å². The van der Waals surface area contributed by atoms with Gasteiger partial charge in [0.15, 0.2) is 11.6 Å². The van der Waals surface area contributed by atoms with Gasteiger partial charge in [-0.15, -0.1) is 0 Å². The summed E-state index contributed by atoms with van der Waals surface area (Å²) in [6, 6.07) is -1.15. The van der Waals surface area contributed by atoms with Gasteiger partial charge in [0.05, 0.1) is 43.3 Å². The molecule has 1 saturated carbocycles. The number of ketones is 3. The summed E-state index contributed by atoms with van der Waals surface area (Å²) in [5, 5.41) is 34.1. The van der Waals surface area contributed by atoms with E-state index in [0.29, 0.717) is 69.1 Å². The van der Waals surface area contributed by atoms with Gasteiger partial charge in [0, 0.05) is 58.5 Å². The molecule has 15 atom stereocenters. The fourth-order valence-electron chi connectivity index (χ4n) is 10.8. The highest BCUT2D eigenvalue weighted by Gasteiger charge is 2.53. The van der Waals surface area contributed by atoms with Crippen LogP contribution in [0.2, 0.25) is 0 Å². The molecule has 396 valence electrons. The van der Waals surface area contributed by atoms with Crippen molar-refractivity contribution >= 4 is 29.2 Å². The highest BCUT2D eigenvalue weighted by molar-refractivity contribution is 6.39. The van der Waals surface area contributed by atoms with Crippen LogP contribution in [0, 0.1) is 35.5 Å². The minimum absolute atomic E-state index is 0.0176. The fourth-order valence-corrected chi connectivity index (χ4v) is 10.8. The number of amides is 1. The molecule has 3 aliphatic heterocycles. The lowest BCUT2D eigenvalue weighted by atomic mass is 9.78. The van der Waals surface area contributed by atoms with E-state index in [2.05, 4.69) is 15.4 Å². The van der Waals surface area contributed by atoms with Crippen molar-refractivity contribution in [2.24, 2.45) is 35.5 Å². The van der Waals surface area contributed by atoms with Gasteiger partial charge in [-0.2, -0.15) is 15.4 Å². The Balaban J connectivity index is 1.44. The van der Waals surface area contributed by atoms with Gasteiger partial charge in [-0.05, 0) is 107 Å². The molecular weight excluding hydrogens is 913 g/mol. The van der Waals surface area contributed by atoms with E-state index >= 15 is 0 Å². The standard InChI is InChI=1S/C54H82N4O13/c1-32-16-12-11-13-17-33(2)45(66-8)28-41-21-19-38(7)54(65,71-41)51(62)52(63)58-23-15-14-18-42(58)53(64)70-46(29-43(59)34(3)25-37(6)49(61)50(68-10)48(60)36(5)24-32)35(4)26-39-20-22-44(47(27-39)67-9)69-31-40-30-55-57-56-40/h11-13,16-17,25,30,32,35-39,41-42,44-47,49-50,61,65H,14-15,18-24,26-29,31H2,1-10H3,(H,55,56,57)/b13-11?,16-12?,33-17?,34-25+/t32-,35-,36-,37?,38-,39+,41+,42+,44-,45+,46+,47-,49-,50+,54-/m1/s1. The number of ether oxygens (including phenoxy) is 6. The van der Waals surface area contributed by atoms with Crippen molar-refractivity contribution in [1.82, 2.24) is 20.3 Å². The zero-order valence-corrected chi connectivity index (χ0v) is 43.8. The van der Waals surface area contributed by atoms with Crippen LogP contribution in [0.1, 0.15) is 131 Å². The Morgan fingerprint density at radius 1 is 0.901 bits per heavy atom. The second kappa shape index (κ2) is 27.2. The van der Waals surface area contributed by atoms with Gasteiger partial charge in [-0.25, -0.2) is 4.79 Å². The molecule has 1 unspecified atom stereocenters. The van der Waals surface area contributed by atoms with Gasteiger partial charge in [-0.3, -0.25) is 19.2 Å². The van der Waals surface area contributed by atoms with Crippen molar-refractivity contribution in [2.45, 2.75) is 187 Å². The first kappa shape index (κ1) is 57.7. The molecule has 1 aliphatic carbocycles. The number of aliphatic hydroxyl groups excluding tert-OH is 1. The summed E-state index contributed by atoms with van der Waals surface area (Å²) >= 11 is 0. The molecule has 17 heteroatoms. The van der Waals surface area contributed by atoms with Crippen molar-refractivity contribution in [3.05, 3.63) is 59.5 Å². The van der Waals surface area contributed by atoms with Crippen molar-refractivity contribution in [3.8, 4) is 0 Å². The minimum atomic E-state index is -2.44. The number of hydrogen-bond donors (Lipinski definition) is 3. The topological polar surface area (TPSA) is 226 Å². The lowest BCUT2D eigenvalue weighted by Gasteiger charge is -2.42. The molecule has 5 rings (SSSR count). The number of cyclic esters (lactones) is 1. The molecule has 71 heavy (non-hydrogen) atoms. The van der Waals surface area contributed by atoms with Crippen LogP contribution >= 0.6 is 0 Å². The van der Waals surface area contributed by atoms with Crippen LogP contribution in [0.15, 0.2) is 53.8 Å². The summed E-state index contributed by atoms with van der Waals surface area (Å²) in [7, 11) is 4.62. The number of Topliss-reactive ketones (excluding diaryl/α,β-unsaturated/α-hetero) is 3. The molecule has 3 fully saturated rings. The molecule has 1 amide bonds. The molecule has 1 aromatic heterocycles. The summed E-state index contributed by atoms with van der Waals surface area (Å²) in [4.78, 5) is 72.4. The number of nitrogens with zero attached hydrogens (tertiary/aromatic N) is 3.